The van der Waals surface area contributed by atoms with E-state index in [2.05, 4.69) is 25.6 Å². The quantitative estimate of drug-likeness (QED) is 0.518. The minimum Gasteiger partial charge on any atom is -0.383 e. The Balaban J connectivity index is 1.57. The van der Waals surface area contributed by atoms with Gasteiger partial charge in [-0.15, -0.1) is 0 Å². The Morgan fingerprint density at radius 1 is 1.27 bits per heavy atom. The highest BCUT2D eigenvalue weighted by Gasteiger charge is 2.26. The van der Waals surface area contributed by atoms with E-state index in [4.69, 9.17) is 4.74 Å². The number of hydrogen-bond acceptors (Lipinski definition) is 4. The number of rotatable bonds is 6. The van der Waals surface area contributed by atoms with Gasteiger partial charge in [0.2, 0.25) is 10.0 Å². The number of hydrogen-bond donors (Lipinski definition) is 2. The van der Waals surface area contributed by atoms with Gasteiger partial charge in [0.15, 0.2) is 0 Å². The maximum Gasteiger partial charge on any atom is 0.254 e. The summed E-state index contributed by atoms with van der Waals surface area (Å²) >= 11 is 3.57. The summed E-state index contributed by atoms with van der Waals surface area (Å²) < 4.78 is 33.3. The first-order chi connectivity index (χ1) is 14.4. The summed E-state index contributed by atoms with van der Waals surface area (Å²) in [5, 5.41) is 1.09. The molecule has 0 bridgehead atoms. The second-order valence-corrected chi connectivity index (χ2v) is 9.76. The SMILES string of the molecule is COCCNS(=O)(=O)c1cccc(C(=O)N2CCc3[nH]c4c(Br)cccc4c3C2)c1. The second kappa shape index (κ2) is 8.50. The van der Waals surface area contributed by atoms with Crippen LogP contribution in [-0.2, 0) is 27.7 Å². The van der Waals surface area contributed by atoms with E-state index in [9.17, 15) is 13.2 Å². The highest BCUT2D eigenvalue weighted by Crippen LogP contribution is 2.32. The Bertz CT molecular complexity index is 1210. The molecule has 0 fully saturated rings. The predicted octanol–water partition coefficient (Wildman–Crippen LogP) is 3.05. The molecular weight excluding hydrogens is 470 g/mol. The zero-order chi connectivity index (χ0) is 21.3. The smallest absolute Gasteiger partial charge is 0.254 e. The van der Waals surface area contributed by atoms with E-state index in [1.165, 1.54) is 19.2 Å². The number of aromatic nitrogens is 1. The Kier molecular flexibility index (Phi) is 5.97. The zero-order valence-corrected chi connectivity index (χ0v) is 18.8. The first kappa shape index (κ1) is 21.0. The van der Waals surface area contributed by atoms with Gasteiger partial charge in [-0.2, -0.15) is 0 Å². The van der Waals surface area contributed by atoms with Crippen LogP contribution in [0.3, 0.4) is 0 Å². The number of aromatic amines is 1. The summed E-state index contributed by atoms with van der Waals surface area (Å²) in [5.41, 5.74) is 3.64. The fourth-order valence-electron chi connectivity index (χ4n) is 3.72. The molecule has 7 nitrogen and oxygen atoms in total. The maximum atomic E-state index is 13.1. The van der Waals surface area contributed by atoms with E-state index < -0.39 is 10.0 Å². The summed E-state index contributed by atoms with van der Waals surface area (Å²) in [6.07, 6.45) is 0.721. The van der Waals surface area contributed by atoms with Crippen molar-refractivity contribution in [1.29, 1.82) is 0 Å². The molecule has 4 rings (SSSR count). The zero-order valence-electron chi connectivity index (χ0n) is 16.4. The summed E-state index contributed by atoms with van der Waals surface area (Å²) in [5.74, 6) is -0.182. The Hall–Kier alpha value is -2.20. The molecule has 30 heavy (non-hydrogen) atoms. The molecule has 3 aromatic rings. The van der Waals surface area contributed by atoms with Crippen molar-refractivity contribution in [2.45, 2.75) is 17.9 Å². The molecule has 1 aromatic heterocycles. The number of nitrogens with one attached hydrogen (secondary N) is 2. The molecule has 0 unspecified atom stereocenters. The number of methoxy groups -OCH3 is 1. The number of sulfonamides is 1. The van der Waals surface area contributed by atoms with E-state index in [1.807, 2.05) is 18.2 Å². The number of H-pyrrole nitrogens is 1. The highest BCUT2D eigenvalue weighted by atomic mass is 79.9. The largest absolute Gasteiger partial charge is 0.383 e. The van der Waals surface area contributed by atoms with Crippen molar-refractivity contribution in [2.75, 3.05) is 26.8 Å². The van der Waals surface area contributed by atoms with Gasteiger partial charge in [-0.05, 0) is 40.2 Å². The van der Waals surface area contributed by atoms with E-state index in [1.54, 1.807) is 17.0 Å². The van der Waals surface area contributed by atoms with Crippen LogP contribution in [0, 0.1) is 0 Å². The molecule has 0 atom stereocenters. The van der Waals surface area contributed by atoms with Crippen molar-refractivity contribution < 1.29 is 17.9 Å². The molecule has 1 aliphatic heterocycles. The lowest BCUT2D eigenvalue weighted by molar-refractivity contribution is 0.0735. The Labute approximate surface area is 183 Å². The van der Waals surface area contributed by atoms with Crippen molar-refractivity contribution in [3.63, 3.8) is 0 Å². The van der Waals surface area contributed by atoms with Crippen molar-refractivity contribution in [3.05, 3.63) is 63.8 Å². The van der Waals surface area contributed by atoms with Crippen molar-refractivity contribution >= 4 is 42.8 Å². The van der Waals surface area contributed by atoms with Crippen LogP contribution in [0.2, 0.25) is 0 Å². The summed E-state index contributed by atoms with van der Waals surface area (Å²) in [4.78, 5) is 18.4. The minimum atomic E-state index is -3.70. The van der Waals surface area contributed by atoms with Gasteiger partial charge in [0.1, 0.15) is 0 Å². The molecular formula is C21H22BrN3O4S. The number of amides is 1. The number of ether oxygens (including phenoxy) is 1. The lowest BCUT2D eigenvalue weighted by Gasteiger charge is -2.27. The summed E-state index contributed by atoms with van der Waals surface area (Å²) in [7, 11) is -2.20. The molecule has 0 saturated heterocycles. The number of carbonyl (C=O) groups excluding carboxylic acids is 1. The van der Waals surface area contributed by atoms with Gasteiger partial charge in [0, 0.05) is 59.8 Å². The van der Waals surface area contributed by atoms with Crippen LogP contribution >= 0.6 is 15.9 Å². The van der Waals surface area contributed by atoms with Crippen LogP contribution in [0.5, 0.6) is 0 Å². The number of fused-ring (bicyclic) bond motifs is 3. The van der Waals surface area contributed by atoms with E-state index in [-0.39, 0.29) is 24.0 Å². The van der Waals surface area contributed by atoms with E-state index in [0.29, 0.717) is 18.7 Å². The third-order valence-electron chi connectivity index (χ3n) is 5.24. The fraction of sp³-hybridized carbons (Fsp3) is 0.286. The van der Waals surface area contributed by atoms with Crippen LogP contribution in [-0.4, -0.2) is 51.0 Å². The first-order valence-corrected chi connectivity index (χ1v) is 11.8. The third-order valence-corrected chi connectivity index (χ3v) is 7.36. The standard InChI is InChI=1S/C21H22BrN3O4S/c1-29-11-9-23-30(27,28)15-5-2-4-14(12-15)21(26)25-10-8-19-17(13-25)16-6-3-7-18(22)20(16)24-19/h2-7,12,23-24H,8-11,13H2,1H3. The van der Waals surface area contributed by atoms with Gasteiger partial charge < -0.3 is 14.6 Å². The van der Waals surface area contributed by atoms with Gasteiger partial charge in [0.25, 0.3) is 5.91 Å². The van der Waals surface area contributed by atoms with Crippen molar-refractivity contribution in [2.24, 2.45) is 0 Å². The molecule has 2 N–H and O–H groups in total. The highest BCUT2D eigenvalue weighted by molar-refractivity contribution is 9.10. The number of carbonyl (C=O) groups is 1. The van der Waals surface area contributed by atoms with E-state index >= 15 is 0 Å². The number of nitrogens with zero attached hydrogens (tertiary/aromatic N) is 1. The monoisotopic (exact) mass is 491 g/mol. The maximum absolute atomic E-state index is 13.1. The second-order valence-electron chi connectivity index (χ2n) is 7.14. The van der Waals surface area contributed by atoms with Crippen LogP contribution in [0.1, 0.15) is 21.6 Å². The molecule has 158 valence electrons. The first-order valence-electron chi connectivity index (χ1n) is 9.56. The van der Waals surface area contributed by atoms with Crippen LogP contribution < -0.4 is 4.72 Å². The van der Waals surface area contributed by atoms with Gasteiger partial charge in [-0.3, -0.25) is 4.79 Å². The minimum absolute atomic E-state index is 0.0678. The molecule has 0 aliphatic carbocycles. The predicted molar refractivity (Wildman–Crippen MR) is 118 cm³/mol. The number of halogens is 1. The fourth-order valence-corrected chi connectivity index (χ4v) is 5.24. The lowest BCUT2D eigenvalue weighted by Crippen LogP contribution is -2.36. The number of benzene rings is 2. The average Bonchev–Trinajstić information content (AvgIpc) is 3.13. The normalized spacial score (nSPS) is 14.1. The third kappa shape index (κ3) is 4.02. The molecule has 2 heterocycles. The van der Waals surface area contributed by atoms with Gasteiger partial charge >= 0.3 is 0 Å². The molecule has 2 aromatic carbocycles. The Morgan fingerprint density at radius 3 is 2.87 bits per heavy atom. The van der Waals surface area contributed by atoms with Crippen LogP contribution in [0.15, 0.2) is 51.8 Å². The van der Waals surface area contributed by atoms with Crippen LogP contribution in [0.25, 0.3) is 10.9 Å². The molecule has 1 amide bonds. The van der Waals surface area contributed by atoms with Gasteiger partial charge in [-0.25, -0.2) is 13.1 Å². The van der Waals surface area contributed by atoms with Crippen molar-refractivity contribution in [3.8, 4) is 0 Å². The summed E-state index contributed by atoms with van der Waals surface area (Å²) in [6, 6.07) is 12.2. The van der Waals surface area contributed by atoms with E-state index in [0.717, 1.165) is 33.1 Å². The van der Waals surface area contributed by atoms with Crippen molar-refractivity contribution in [1.82, 2.24) is 14.6 Å². The topological polar surface area (TPSA) is 91.5 Å². The number of para-hydroxylation sites is 1. The van der Waals surface area contributed by atoms with Gasteiger partial charge in [0.05, 0.1) is 17.0 Å². The average molecular weight is 492 g/mol. The molecule has 0 radical (unpaired) electrons. The Morgan fingerprint density at radius 2 is 2.07 bits per heavy atom. The molecule has 0 spiro atoms. The van der Waals surface area contributed by atoms with Crippen LogP contribution in [0.4, 0.5) is 0 Å². The molecule has 9 heteroatoms. The molecule has 0 saturated carbocycles. The summed E-state index contributed by atoms with van der Waals surface area (Å²) in [6.45, 7) is 1.49. The van der Waals surface area contributed by atoms with Gasteiger partial charge in [-0.1, -0.05) is 18.2 Å². The molecule has 1 aliphatic rings. The lowest BCUT2D eigenvalue weighted by atomic mass is 10.0.